The van der Waals surface area contributed by atoms with Gasteiger partial charge in [0.1, 0.15) is 6.10 Å². The van der Waals surface area contributed by atoms with E-state index in [1.165, 1.54) is 0 Å². The fourth-order valence-corrected chi connectivity index (χ4v) is 3.06. The highest BCUT2D eigenvalue weighted by atomic mass is 16.5. The summed E-state index contributed by atoms with van der Waals surface area (Å²) >= 11 is 0. The number of carbonyl (C=O) groups is 2. The third kappa shape index (κ3) is 3.75. The van der Waals surface area contributed by atoms with E-state index in [9.17, 15) is 14.4 Å². The third-order valence-corrected chi connectivity index (χ3v) is 4.39. The number of carbonyl (C=O) groups excluding carboxylic acids is 2. The van der Waals surface area contributed by atoms with Gasteiger partial charge >= 0.3 is 5.69 Å². The van der Waals surface area contributed by atoms with Gasteiger partial charge in [-0.05, 0) is 49.2 Å². The summed E-state index contributed by atoms with van der Waals surface area (Å²) in [6, 6.07) is 11.8. The summed E-state index contributed by atoms with van der Waals surface area (Å²) < 4.78 is 5.36. The minimum atomic E-state index is -0.433. The number of benzene rings is 2. The molecular formula is C19H18N4O4. The van der Waals surface area contributed by atoms with Crippen LogP contribution in [0.15, 0.2) is 47.3 Å². The predicted octanol–water partition coefficient (Wildman–Crippen LogP) is 2.23. The van der Waals surface area contributed by atoms with Crippen molar-refractivity contribution in [2.75, 3.05) is 17.2 Å². The fraction of sp³-hybridized carbons (Fsp3) is 0.211. The van der Waals surface area contributed by atoms with Gasteiger partial charge in [0, 0.05) is 23.5 Å². The molecule has 0 radical (unpaired) electrons. The zero-order valence-corrected chi connectivity index (χ0v) is 14.4. The van der Waals surface area contributed by atoms with Gasteiger partial charge in [-0.1, -0.05) is 6.07 Å². The van der Waals surface area contributed by atoms with E-state index in [2.05, 4.69) is 20.6 Å². The Morgan fingerprint density at radius 1 is 1.00 bits per heavy atom. The number of hydrogen-bond donors (Lipinski definition) is 4. The highest BCUT2D eigenvalue weighted by Gasteiger charge is 2.23. The van der Waals surface area contributed by atoms with Crippen LogP contribution in [0.3, 0.4) is 0 Å². The molecule has 2 heterocycles. The van der Waals surface area contributed by atoms with Gasteiger partial charge < -0.3 is 25.3 Å². The molecule has 0 aliphatic carbocycles. The molecule has 0 unspecified atom stereocenters. The molecule has 8 nitrogen and oxygen atoms in total. The first-order chi connectivity index (χ1) is 13.1. The Labute approximate surface area is 153 Å². The molecule has 4 rings (SSSR count). The number of fused-ring (bicyclic) bond motifs is 1. The van der Waals surface area contributed by atoms with Crippen molar-refractivity contribution in [2.45, 2.75) is 18.9 Å². The van der Waals surface area contributed by atoms with Crippen LogP contribution in [0.25, 0.3) is 11.0 Å². The van der Waals surface area contributed by atoms with Crippen LogP contribution in [0.1, 0.15) is 23.2 Å². The minimum Gasteiger partial charge on any atom is -0.368 e. The van der Waals surface area contributed by atoms with Crippen LogP contribution in [0.4, 0.5) is 11.4 Å². The first-order valence-corrected chi connectivity index (χ1v) is 8.64. The van der Waals surface area contributed by atoms with Crippen LogP contribution < -0.4 is 16.3 Å². The number of rotatable bonds is 4. The molecule has 27 heavy (non-hydrogen) atoms. The van der Waals surface area contributed by atoms with Crippen molar-refractivity contribution in [3.8, 4) is 0 Å². The monoisotopic (exact) mass is 366 g/mol. The second-order valence-corrected chi connectivity index (χ2v) is 6.37. The zero-order chi connectivity index (χ0) is 18.8. The van der Waals surface area contributed by atoms with Crippen LogP contribution in [-0.4, -0.2) is 34.5 Å². The lowest BCUT2D eigenvalue weighted by Gasteiger charge is -2.11. The first kappa shape index (κ1) is 17.0. The Morgan fingerprint density at radius 3 is 2.63 bits per heavy atom. The molecule has 2 aromatic carbocycles. The molecule has 0 spiro atoms. The summed E-state index contributed by atoms with van der Waals surface area (Å²) in [5, 5.41) is 5.57. The molecule has 1 saturated heterocycles. The number of amides is 2. The number of imidazole rings is 1. The number of hydrogen-bond acceptors (Lipinski definition) is 4. The zero-order valence-electron chi connectivity index (χ0n) is 14.4. The Morgan fingerprint density at radius 2 is 1.81 bits per heavy atom. The second-order valence-electron chi connectivity index (χ2n) is 6.37. The van der Waals surface area contributed by atoms with Crippen LogP contribution in [0, 0.1) is 0 Å². The van der Waals surface area contributed by atoms with Gasteiger partial charge in [0.25, 0.3) is 11.8 Å². The van der Waals surface area contributed by atoms with E-state index in [4.69, 9.17) is 4.74 Å². The molecule has 8 heteroatoms. The van der Waals surface area contributed by atoms with Crippen LogP contribution in [0.2, 0.25) is 0 Å². The van der Waals surface area contributed by atoms with Gasteiger partial charge in [0.15, 0.2) is 0 Å². The summed E-state index contributed by atoms with van der Waals surface area (Å²) in [5.74, 6) is -0.521. The molecule has 1 aromatic heterocycles. The lowest BCUT2D eigenvalue weighted by molar-refractivity contribution is -0.124. The number of nitrogens with one attached hydrogen (secondary N) is 4. The average molecular weight is 366 g/mol. The molecule has 2 amide bonds. The molecule has 1 atom stereocenters. The standard InChI is InChI=1S/C19H18N4O4/c24-17(20-13-6-7-14-15(10-13)23-19(26)22-14)11-3-1-4-12(9-11)21-18(25)16-5-2-8-27-16/h1,3-4,6-7,9-10,16H,2,5,8H2,(H,20,24)(H,21,25)(H2,22,23,26)/t16-/m0/s1. The number of anilines is 2. The van der Waals surface area contributed by atoms with Crippen molar-refractivity contribution in [1.82, 2.24) is 9.97 Å². The maximum atomic E-state index is 12.5. The SMILES string of the molecule is O=C(Nc1ccc2[nH]c(=O)[nH]c2c1)c1cccc(NC(=O)[C@@H]2CCCO2)c1. The van der Waals surface area contributed by atoms with Crippen molar-refractivity contribution < 1.29 is 14.3 Å². The third-order valence-electron chi connectivity index (χ3n) is 4.39. The van der Waals surface area contributed by atoms with Gasteiger partial charge in [-0.25, -0.2) is 4.79 Å². The van der Waals surface area contributed by atoms with Crippen LogP contribution >= 0.6 is 0 Å². The maximum absolute atomic E-state index is 12.5. The Hall–Kier alpha value is -3.39. The van der Waals surface area contributed by atoms with Gasteiger partial charge in [0.2, 0.25) is 0 Å². The Bertz CT molecular complexity index is 1060. The van der Waals surface area contributed by atoms with Crippen molar-refractivity contribution in [3.05, 3.63) is 58.5 Å². The smallest absolute Gasteiger partial charge is 0.323 e. The lowest BCUT2D eigenvalue weighted by atomic mass is 10.1. The summed E-state index contributed by atoms with van der Waals surface area (Å²) in [7, 11) is 0. The molecule has 0 bridgehead atoms. The molecule has 3 aromatic rings. The van der Waals surface area contributed by atoms with Crippen molar-refractivity contribution in [2.24, 2.45) is 0 Å². The van der Waals surface area contributed by atoms with Gasteiger partial charge in [-0.2, -0.15) is 0 Å². The van der Waals surface area contributed by atoms with E-state index in [1.54, 1.807) is 42.5 Å². The van der Waals surface area contributed by atoms with Crippen molar-refractivity contribution in [3.63, 3.8) is 0 Å². The van der Waals surface area contributed by atoms with Crippen molar-refractivity contribution in [1.29, 1.82) is 0 Å². The van der Waals surface area contributed by atoms with E-state index in [-0.39, 0.29) is 17.5 Å². The minimum absolute atomic E-state index is 0.202. The van der Waals surface area contributed by atoms with Gasteiger partial charge in [0.05, 0.1) is 11.0 Å². The van der Waals surface area contributed by atoms with E-state index >= 15 is 0 Å². The molecular weight excluding hydrogens is 348 g/mol. The number of aromatic amines is 2. The summed E-state index contributed by atoms with van der Waals surface area (Å²) in [4.78, 5) is 41.3. The van der Waals surface area contributed by atoms with E-state index in [0.29, 0.717) is 41.0 Å². The van der Waals surface area contributed by atoms with Crippen LogP contribution in [0.5, 0.6) is 0 Å². The van der Waals surface area contributed by atoms with Crippen molar-refractivity contribution >= 4 is 34.2 Å². The summed E-state index contributed by atoms with van der Waals surface area (Å²) in [5.41, 5.74) is 2.46. The highest BCUT2D eigenvalue weighted by Crippen LogP contribution is 2.18. The van der Waals surface area contributed by atoms with E-state index in [1.807, 2.05) is 0 Å². The van der Waals surface area contributed by atoms with Gasteiger partial charge in [-0.3, -0.25) is 9.59 Å². The summed E-state index contributed by atoms with van der Waals surface area (Å²) in [6.45, 7) is 0.595. The molecule has 1 fully saturated rings. The Kier molecular flexibility index (Phi) is 4.47. The van der Waals surface area contributed by atoms with Gasteiger partial charge in [-0.15, -0.1) is 0 Å². The number of H-pyrrole nitrogens is 2. The second kappa shape index (κ2) is 7.08. The molecule has 1 aliphatic rings. The normalized spacial score (nSPS) is 16.4. The number of aromatic nitrogens is 2. The predicted molar refractivity (Wildman–Crippen MR) is 101 cm³/mol. The van der Waals surface area contributed by atoms with Crippen LogP contribution in [-0.2, 0) is 9.53 Å². The first-order valence-electron chi connectivity index (χ1n) is 8.64. The topological polar surface area (TPSA) is 116 Å². The lowest BCUT2D eigenvalue weighted by Crippen LogP contribution is -2.27. The summed E-state index contributed by atoms with van der Waals surface area (Å²) in [6.07, 6.45) is 1.14. The fourth-order valence-electron chi connectivity index (χ4n) is 3.06. The average Bonchev–Trinajstić information content (AvgIpc) is 3.30. The molecule has 138 valence electrons. The maximum Gasteiger partial charge on any atom is 0.323 e. The Balaban J connectivity index is 1.47. The molecule has 0 saturated carbocycles. The van der Waals surface area contributed by atoms with E-state index in [0.717, 1.165) is 6.42 Å². The largest absolute Gasteiger partial charge is 0.368 e. The number of ether oxygens (including phenoxy) is 1. The van der Waals surface area contributed by atoms with E-state index < -0.39 is 6.10 Å². The molecule has 4 N–H and O–H groups in total. The quantitative estimate of drug-likeness (QED) is 0.566. The highest BCUT2D eigenvalue weighted by molar-refractivity contribution is 6.06. The molecule has 1 aliphatic heterocycles.